The normalized spacial score (nSPS) is 21.3. The Kier molecular flexibility index (Phi) is 3.92. The van der Waals surface area contributed by atoms with Crippen LogP contribution in [0.2, 0.25) is 0 Å². The van der Waals surface area contributed by atoms with E-state index in [-0.39, 0.29) is 11.8 Å². The van der Waals surface area contributed by atoms with E-state index in [1.165, 1.54) is 0 Å². The van der Waals surface area contributed by atoms with E-state index < -0.39 is 9.84 Å². The van der Waals surface area contributed by atoms with Gasteiger partial charge in [0.25, 0.3) is 0 Å². The smallest absolute Gasteiger partial charge is 0.152 e. The molecule has 1 aromatic carbocycles. The molecule has 0 aromatic heterocycles. The fraction of sp³-hybridized carbons (Fsp3) is 0.538. The van der Waals surface area contributed by atoms with Crippen molar-refractivity contribution in [3.05, 3.63) is 29.8 Å². The van der Waals surface area contributed by atoms with E-state index >= 15 is 0 Å². The van der Waals surface area contributed by atoms with Gasteiger partial charge in [0.2, 0.25) is 0 Å². The zero-order chi connectivity index (χ0) is 13.2. The van der Waals surface area contributed by atoms with Crippen molar-refractivity contribution in [1.29, 1.82) is 0 Å². The van der Waals surface area contributed by atoms with Gasteiger partial charge in [-0.25, -0.2) is 8.42 Å². The highest BCUT2D eigenvalue weighted by Gasteiger charge is 2.21. The van der Waals surface area contributed by atoms with Crippen molar-refractivity contribution in [3.8, 4) is 0 Å². The molecule has 1 fully saturated rings. The minimum absolute atomic E-state index is 0.0407. The average molecular weight is 268 g/mol. The van der Waals surface area contributed by atoms with E-state index in [0.29, 0.717) is 18.7 Å². The summed E-state index contributed by atoms with van der Waals surface area (Å²) in [5.74, 6) is 0.532. The standard InChI is InChI=1S/C13H20N2O2S/c1-11(14)12-5-2-3-6-13(12)15-7-4-9-18(16,17)10-8-15/h2-3,5-6,11H,4,7-10,14H2,1H3/t11-/m0/s1. The van der Waals surface area contributed by atoms with Gasteiger partial charge in [0.1, 0.15) is 0 Å². The highest BCUT2D eigenvalue weighted by Crippen LogP contribution is 2.26. The third kappa shape index (κ3) is 3.03. The average Bonchev–Trinajstić information content (AvgIpc) is 2.50. The van der Waals surface area contributed by atoms with Crippen LogP contribution in [-0.4, -0.2) is 33.0 Å². The maximum Gasteiger partial charge on any atom is 0.152 e. The number of para-hydroxylation sites is 1. The molecule has 0 radical (unpaired) electrons. The van der Waals surface area contributed by atoms with Crippen molar-refractivity contribution in [2.24, 2.45) is 5.73 Å². The summed E-state index contributed by atoms with van der Waals surface area (Å²) in [4.78, 5) is 2.14. The summed E-state index contributed by atoms with van der Waals surface area (Å²) < 4.78 is 23.2. The maximum atomic E-state index is 11.6. The van der Waals surface area contributed by atoms with Gasteiger partial charge in [-0.15, -0.1) is 0 Å². The van der Waals surface area contributed by atoms with E-state index in [2.05, 4.69) is 4.90 Å². The van der Waals surface area contributed by atoms with Gasteiger partial charge in [-0.05, 0) is 25.0 Å². The Bertz CT molecular complexity index is 511. The molecular formula is C13H20N2O2S. The third-order valence-corrected chi connectivity index (χ3v) is 5.04. The first-order chi connectivity index (χ1) is 8.49. The Morgan fingerprint density at radius 3 is 2.67 bits per heavy atom. The first kappa shape index (κ1) is 13.4. The van der Waals surface area contributed by atoms with E-state index in [1.54, 1.807) is 0 Å². The van der Waals surface area contributed by atoms with Gasteiger partial charge in [-0.3, -0.25) is 0 Å². The molecule has 1 heterocycles. The number of sulfone groups is 1. The van der Waals surface area contributed by atoms with Crippen molar-refractivity contribution in [3.63, 3.8) is 0 Å². The summed E-state index contributed by atoms with van der Waals surface area (Å²) in [6, 6.07) is 7.94. The SMILES string of the molecule is C[C@H](N)c1ccccc1N1CCCS(=O)(=O)CC1. The minimum atomic E-state index is -2.87. The fourth-order valence-electron chi connectivity index (χ4n) is 2.34. The molecule has 18 heavy (non-hydrogen) atoms. The lowest BCUT2D eigenvalue weighted by Gasteiger charge is -2.26. The number of nitrogens with two attached hydrogens (primary N) is 1. The van der Waals surface area contributed by atoms with Crippen LogP contribution in [-0.2, 0) is 9.84 Å². The molecule has 4 nitrogen and oxygen atoms in total. The van der Waals surface area contributed by atoms with Crippen LogP contribution < -0.4 is 10.6 Å². The van der Waals surface area contributed by atoms with Crippen molar-refractivity contribution in [2.75, 3.05) is 29.5 Å². The lowest BCUT2D eigenvalue weighted by Crippen LogP contribution is -2.28. The maximum absolute atomic E-state index is 11.6. The van der Waals surface area contributed by atoms with E-state index in [9.17, 15) is 8.42 Å². The second kappa shape index (κ2) is 5.28. The number of nitrogens with zero attached hydrogens (tertiary/aromatic N) is 1. The number of benzene rings is 1. The van der Waals surface area contributed by atoms with Gasteiger partial charge >= 0.3 is 0 Å². The molecule has 100 valence electrons. The highest BCUT2D eigenvalue weighted by atomic mass is 32.2. The Morgan fingerprint density at radius 1 is 1.22 bits per heavy atom. The van der Waals surface area contributed by atoms with Crippen LogP contribution in [0, 0.1) is 0 Å². The van der Waals surface area contributed by atoms with Crippen LogP contribution in [0.15, 0.2) is 24.3 Å². The second-order valence-corrected chi connectivity index (χ2v) is 7.14. The Morgan fingerprint density at radius 2 is 1.94 bits per heavy atom. The van der Waals surface area contributed by atoms with Gasteiger partial charge in [-0.1, -0.05) is 18.2 Å². The molecule has 1 aromatic rings. The zero-order valence-electron chi connectivity index (χ0n) is 10.7. The monoisotopic (exact) mass is 268 g/mol. The molecule has 0 aliphatic carbocycles. The molecule has 1 aliphatic rings. The van der Waals surface area contributed by atoms with Gasteiger partial charge in [0, 0.05) is 24.8 Å². The van der Waals surface area contributed by atoms with Crippen molar-refractivity contribution in [1.82, 2.24) is 0 Å². The summed E-state index contributed by atoms with van der Waals surface area (Å²) >= 11 is 0. The Balaban J connectivity index is 2.26. The molecule has 0 unspecified atom stereocenters. The Labute approximate surface area is 109 Å². The quantitative estimate of drug-likeness (QED) is 0.879. The minimum Gasteiger partial charge on any atom is -0.370 e. The van der Waals surface area contributed by atoms with Crippen LogP contribution in [0.1, 0.15) is 24.9 Å². The topological polar surface area (TPSA) is 63.4 Å². The molecule has 1 aliphatic heterocycles. The number of hydrogen-bond donors (Lipinski definition) is 1. The zero-order valence-corrected chi connectivity index (χ0v) is 11.5. The van der Waals surface area contributed by atoms with Gasteiger partial charge < -0.3 is 10.6 Å². The van der Waals surface area contributed by atoms with Crippen molar-refractivity contribution < 1.29 is 8.42 Å². The van der Waals surface area contributed by atoms with Crippen molar-refractivity contribution >= 4 is 15.5 Å². The summed E-state index contributed by atoms with van der Waals surface area (Å²) in [6.45, 7) is 3.29. The van der Waals surface area contributed by atoms with E-state index in [1.807, 2.05) is 31.2 Å². The molecule has 5 heteroatoms. The van der Waals surface area contributed by atoms with Crippen LogP contribution in [0.4, 0.5) is 5.69 Å². The van der Waals surface area contributed by atoms with Crippen LogP contribution in [0.3, 0.4) is 0 Å². The predicted molar refractivity (Wildman–Crippen MR) is 74.5 cm³/mol. The molecule has 0 spiro atoms. The van der Waals surface area contributed by atoms with E-state index in [0.717, 1.165) is 17.8 Å². The molecule has 1 saturated heterocycles. The Hall–Kier alpha value is -1.07. The molecule has 1 atom stereocenters. The molecule has 2 N–H and O–H groups in total. The van der Waals surface area contributed by atoms with Crippen LogP contribution in [0.25, 0.3) is 0 Å². The summed E-state index contributed by atoms with van der Waals surface area (Å²) in [5.41, 5.74) is 8.12. The molecular weight excluding hydrogens is 248 g/mol. The summed E-state index contributed by atoms with van der Waals surface area (Å²) in [7, 11) is -2.87. The summed E-state index contributed by atoms with van der Waals surface area (Å²) in [6.07, 6.45) is 0.690. The van der Waals surface area contributed by atoms with E-state index in [4.69, 9.17) is 5.73 Å². The fourth-order valence-corrected chi connectivity index (χ4v) is 3.61. The molecule has 2 rings (SSSR count). The highest BCUT2D eigenvalue weighted by molar-refractivity contribution is 7.91. The first-order valence-electron chi connectivity index (χ1n) is 6.29. The van der Waals surface area contributed by atoms with Gasteiger partial charge in [0.05, 0.1) is 11.5 Å². The van der Waals surface area contributed by atoms with Crippen molar-refractivity contribution in [2.45, 2.75) is 19.4 Å². The summed E-state index contributed by atoms with van der Waals surface area (Å²) in [5, 5.41) is 0. The molecule has 0 saturated carbocycles. The number of hydrogen-bond acceptors (Lipinski definition) is 4. The second-order valence-electron chi connectivity index (χ2n) is 4.84. The molecule has 0 amide bonds. The lowest BCUT2D eigenvalue weighted by molar-refractivity contribution is 0.597. The number of rotatable bonds is 2. The largest absolute Gasteiger partial charge is 0.370 e. The number of anilines is 1. The lowest BCUT2D eigenvalue weighted by atomic mass is 10.1. The first-order valence-corrected chi connectivity index (χ1v) is 8.11. The third-order valence-electron chi connectivity index (χ3n) is 3.32. The van der Waals surface area contributed by atoms with Crippen LogP contribution >= 0.6 is 0 Å². The van der Waals surface area contributed by atoms with Gasteiger partial charge in [0.15, 0.2) is 9.84 Å². The molecule has 0 bridgehead atoms. The van der Waals surface area contributed by atoms with Gasteiger partial charge in [-0.2, -0.15) is 0 Å². The predicted octanol–water partition coefficient (Wildman–Crippen LogP) is 1.33. The van der Waals surface area contributed by atoms with Crippen LogP contribution in [0.5, 0.6) is 0 Å².